The quantitative estimate of drug-likeness (QED) is 0.808. The summed E-state index contributed by atoms with van der Waals surface area (Å²) in [5, 5.41) is 2.12. The summed E-state index contributed by atoms with van der Waals surface area (Å²) in [6, 6.07) is 20.4. The van der Waals surface area contributed by atoms with Gasteiger partial charge in [-0.15, -0.1) is 0 Å². The fourth-order valence-electron chi connectivity index (χ4n) is 2.89. The van der Waals surface area contributed by atoms with E-state index in [1.807, 2.05) is 43.3 Å². The van der Waals surface area contributed by atoms with Crippen molar-refractivity contribution >= 4 is 24.7 Å². The van der Waals surface area contributed by atoms with Crippen molar-refractivity contribution < 1.29 is 9.22 Å². The monoisotopic (exact) mass is 312 g/mol. The van der Waals surface area contributed by atoms with Gasteiger partial charge in [0.05, 0.1) is 0 Å². The molecule has 116 valence electrons. The third-order valence-corrected chi connectivity index (χ3v) is 8.91. The van der Waals surface area contributed by atoms with Crippen molar-refractivity contribution in [3.63, 3.8) is 0 Å². The maximum atomic E-state index is 12.2. The fraction of sp³-hybridized carbons (Fsp3) is 0.316. The molecule has 0 spiro atoms. The summed E-state index contributed by atoms with van der Waals surface area (Å²) in [6.45, 7) is 8.35. The van der Waals surface area contributed by atoms with Crippen LogP contribution in [0.4, 0.5) is 0 Å². The zero-order valence-corrected chi connectivity index (χ0v) is 14.8. The lowest BCUT2D eigenvalue weighted by atomic mass is 10.2. The standard InChI is InChI=1S/C19H24O2Si/c1-5-18(20)21-22(19(2,3)4,16-12-8-6-9-13-16)17-14-10-7-11-15-17/h6-15H,5H2,1-4H3. The summed E-state index contributed by atoms with van der Waals surface area (Å²) >= 11 is 0. The molecule has 0 N–H and O–H groups in total. The van der Waals surface area contributed by atoms with E-state index in [-0.39, 0.29) is 11.0 Å². The van der Waals surface area contributed by atoms with Crippen LogP contribution in [-0.2, 0) is 9.22 Å². The Morgan fingerprint density at radius 3 is 1.64 bits per heavy atom. The molecule has 0 heterocycles. The van der Waals surface area contributed by atoms with Crippen LogP contribution in [-0.4, -0.2) is 14.3 Å². The van der Waals surface area contributed by atoms with Crippen molar-refractivity contribution in [2.45, 2.75) is 39.2 Å². The minimum atomic E-state index is -2.68. The fourth-order valence-corrected chi connectivity index (χ4v) is 7.31. The molecule has 0 aliphatic heterocycles. The first-order valence-electron chi connectivity index (χ1n) is 7.74. The van der Waals surface area contributed by atoms with Gasteiger partial charge in [0.1, 0.15) is 0 Å². The second-order valence-corrected chi connectivity index (χ2v) is 10.7. The van der Waals surface area contributed by atoms with E-state index >= 15 is 0 Å². The molecule has 2 nitrogen and oxygen atoms in total. The molecular weight excluding hydrogens is 288 g/mol. The summed E-state index contributed by atoms with van der Waals surface area (Å²) in [5.41, 5.74) is 0. The van der Waals surface area contributed by atoms with Crippen LogP contribution < -0.4 is 10.4 Å². The minimum absolute atomic E-state index is 0.130. The molecule has 22 heavy (non-hydrogen) atoms. The maximum absolute atomic E-state index is 12.2. The first kappa shape index (κ1) is 16.5. The molecule has 0 amide bonds. The smallest absolute Gasteiger partial charge is 0.323 e. The molecule has 0 aromatic heterocycles. The van der Waals surface area contributed by atoms with Crippen LogP contribution >= 0.6 is 0 Å². The number of hydrogen-bond acceptors (Lipinski definition) is 2. The summed E-state index contributed by atoms with van der Waals surface area (Å²) in [5.74, 6) is -0.130. The average molecular weight is 312 g/mol. The Bertz CT molecular complexity index is 575. The Morgan fingerprint density at radius 2 is 1.32 bits per heavy atom. The van der Waals surface area contributed by atoms with Gasteiger partial charge in [-0.1, -0.05) is 88.4 Å². The van der Waals surface area contributed by atoms with E-state index in [9.17, 15) is 4.79 Å². The Morgan fingerprint density at radius 1 is 0.909 bits per heavy atom. The molecule has 0 bridgehead atoms. The van der Waals surface area contributed by atoms with Gasteiger partial charge in [0.2, 0.25) is 0 Å². The third-order valence-electron chi connectivity index (χ3n) is 3.97. The Kier molecular flexibility index (Phi) is 4.86. The molecular formula is C19H24O2Si. The lowest BCUT2D eigenvalue weighted by molar-refractivity contribution is -0.134. The highest BCUT2D eigenvalue weighted by atomic mass is 28.4. The van der Waals surface area contributed by atoms with Gasteiger partial charge in [0.25, 0.3) is 5.97 Å². The molecule has 2 rings (SSSR count). The molecule has 0 radical (unpaired) electrons. The van der Waals surface area contributed by atoms with Gasteiger partial charge < -0.3 is 4.43 Å². The molecule has 0 fully saturated rings. The average Bonchev–Trinajstić information content (AvgIpc) is 2.52. The van der Waals surface area contributed by atoms with Crippen molar-refractivity contribution in [3.05, 3.63) is 60.7 Å². The van der Waals surface area contributed by atoms with Gasteiger partial charge in [-0.05, 0) is 15.4 Å². The Hall–Kier alpha value is -1.87. The third kappa shape index (κ3) is 3.00. The van der Waals surface area contributed by atoms with Gasteiger partial charge in [0, 0.05) is 6.42 Å². The van der Waals surface area contributed by atoms with Crippen LogP contribution in [0.2, 0.25) is 5.04 Å². The SMILES string of the molecule is CCC(=O)O[Si](c1ccccc1)(c1ccccc1)C(C)(C)C. The normalized spacial score (nSPS) is 12.0. The Balaban J connectivity index is 2.73. The van der Waals surface area contributed by atoms with Crippen molar-refractivity contribution in [2.24, 2.45) is 0 Å². The number of hydrogen-bond donors (Lipinski definition) is 0. The highest BCUT2D eigenvalue weighted by Gasteiger charge is 2.52. The van der Waals surface area contributed by atoms with E-state index in [2.05, 4.69) is 45.0 Å². The Labute approximate surface area is 134 Å². The van der Waals surface area contributed by atoms with Crippen LogP contribution in [0, 0.1) is 0 Å². The van der Waals surface area contributed by atoms with Crippen molar-refractivity contribution in [1.82, 2.24) is 0 Å². The topological polar surface area (TPSA) is 26.3 Å². The summed E-state index contributed by atoms with van der Waals surface area (Å²) in [4.78, 5) is 12.2. The van der Waals surface area contributed by atoms with Crippen LogP contribution in [0.3, 0.4) is 0 Å². The lowest BCUT2D eigenvalue weighted by Gasteiger charge is -2.42. The maximum Gasteiger partial charge on any atom is 0.323 e. The van der Waals surface area contributed by atoms with Gasteiger partial charge >= 0.3 is 8.32 Å². The van der Waals surface area contributed by atoms with Crippen molar-refractivity contribution in [1.29, 1.82) is 0 Å². The van der Waals surface area contributed by atoms with E-state index in [0.717, 1.165) is 10.4 Å². The van der Waals surface area contributed by atoms with E-state index in [1.165, 1.54) is 0 Å². The molecule has 0 aliphatic rings. The zero-order valence-electron chi connectivity index (χ0n) is 13.8. The summed E-state index contributed by atoms with van der Waals surface area (Å²) in [6.07, 6.45) is 0.393. The van der Waals surface area contributed by atoms with Gasteiger partial charge in [0.15, 0.2) is 0 Å². The number of rotatable bonds is 4. The number of carbonyl (C=O) groups excluding carboxylic acids is 1. The van der Waals surface area contributed by atoms with Crippen molar-refractivity contribution in [2.75, 3.05) is 0 Å². The number of benzene rings is 2. The van der Waals surface area contributed by atoms with E-state index in [0.29, 0.717) is 6.42 Å². The minimum Gasteiger partial charge on any atom is -0.510 e. The largest absolute Gasteiger partial charge is 0.510 e. The van der Waals surface area contributed by atoms with Crippen LogP contribution in [0.5, 0.6) is 0 Å². The molecule has 2 aromatic rings. The highest BCUT2D eigenvalue weighted by Crippen LogP contribution is 2.36. The van der Waals surface area contributed by atoms with E-state index in [1.54, 1.807) is 0 Å². The second-order valence-electron chi connectivity index (χ2n) is 6.49. The van der Waals surface area contributed by atoms with E-state index in [4.69, 9.17) is 4.43 Å². The highest BCUT2D eigenvalue weighted by molar-refractivity contribution is 7.00. The van der Waals surface area contributed by atoms with Crippen LogP contribution in [0.1, 0.15) is 34.1 Å². The van der Waals surface area contributed by atoms with Crippen LogP contribution in [0.25, 0.3) is 0 Å². The first-order chi connectivity index (χ1) is 10.4. The lowest BCUT2D eigenvalue weighted by Crippen LogP contribution is -2.67. The summed E-state index contributed by atoms with van der Waals surface area (Å²) in [7, 11) is -2.68. The molecule has 0 saturated heterocycles. The molecule has 0 atom stereocenters. The zero-order chi connectivity index (χ0) is 16.2. The van der Waals surface area contributed by atoms with E-state index < -0.39 is 8.32 Å². The van der Waals surface area contributed by atoms with Gasteiger partial charge in [-0.3, -0.25) is 4.79 Å². The first-order valence-corrected chi connectivity index (χ1v) is 9.65. The molecule has 0 unspecified atom stereocenters. The van der Waals surface area contributed by atoms with Gasteiger partial charge in [-0.2, -0.15) is 0 Å². The predicted molar refractivity (Wildman–Crippen MR) is 94.0 cm³/mol. The van der Waals surface area contributed by atoms with Gasteiger partial charge in [-0.25, -0.2) is 0 Å². The second kappa shape index (κ2) is 6.49. The molecule has 0 aliphatic carbocycles. The van der Waals surface area contributed by atoms with Crippen molar-refractivity contribution in [3.8, 4) is 0 Å². The molecule has 3 heteroatoms. The molecule has 0 saturated carbocycles. The predicted octanol–water partition coefficient (Wildman–Crippen LogP) is 3.50. The molecule has 2 aromatic carbocycles. The summed E-state index contributed by atoms with van der Waals surface area (Å²) < 4.78 is 6.22. The number of carbonyl (C=O) groups is 1. The van der Waals surface area contributed by atoms with Crippen LogP contribution in [0.15, 0.2) is 60.7 Å².